The van der Waals surface area contributed by atoms with E-state index in [0.717, 1.165) is 36.8 Å². The molecule has 3 N–H and O–H groups in total. The molecule has 0 unspecified atom stereocenters. The summed E-state index contributed by atoms with van der Waals surface area (Å²) in [4.78, 5) is 0. The van der Waals surface area contributed by atoms with Gasteiger partial charge in [-0.1, -0.05) is 51.2 Å². The predicted molar refractivity (Wildman–Crippen MR) is 121 cm³/mol. The Balaban J connectivity index is 1.73. The molecule has 3 aliphatic carbocycles. The SMILES string of the molecule is C=C1C(=CC=C2CCC[C@]3(C)C([C@@H](C)OC[C@@H](O)C(C)C)=CC[C@@H]23)C[C@@H](O)C[C@@H]1O. The molecule has 0 heterocycles. The van der Waals surface area contributed by atoms with Crippen LogP contribution in [0.3, 0.4) is 0 Å². The number of rotatable bonds is 6. The summed E-state index contributed by atoms with van der Waals surface area (Å²) in [6.45, 7) is 12.9. The van der Waals surface area contributed by atoms with E-state index in [1.165, 1.54) is 11.1 Å². The van der Waals surface area contributed by atoms with Crippen molar-refractivity contribution in [1.82, 2.24) is 0 Å². The summed E-state index contributed by atoms with van der Waals surface area (Å²) >= 11 is 0. The van der Waals surface area contributed by atoms with Gasteiger partial charge in [0.25, 0.3) is 0 Å². The van der Waals surface area contributed by atoms with Crippen molar-refractivity contribution in [2.75, 3.05) is 6.61 Å². The minimum Gasteiger partial charge on any atom is -0.393 e. The summed E-state index contributed by atoms with van der Waals surface area (Å²) < 4.78 is 6.07. The van der Waals surface area contributed by atoms with Crippen molar-refractivity contribution in [2.24, 2.45) is 17.3 Å². The number of allylic oxidation sites excluding steroid dienone is 4. The maximum Gasteiger partial charge on any atom is 0.0811 e. The van der Waals surface area contributed by atoms with Gasteiger partial charge in [-0.15, -0.1) is 0 Å². The largest absolute Gasteiger partial charge is 0.393 e. The summed E-state index contributed by atoms with van der Waals surface area (Å²) in [6.07, 6.45) is 10.4. The first-order valence-corrected chi connectivity index (χ1v) is 11.6. The van der Waals surface area contributed by atoms with Crippen LogP contribution in [0.25, 0.3) is 0 Å². The zero-order valence-corrected chi connectivity index (χ0v) is 19.1. The van der Waals surface area contributed by atoms with Crippen LogP contribution in [0.4, 0.5) is 0 Å². The van der Waals surface area contributed by atoms with Gasteiger partial charge < -0.3 is 20.1 Å². The smallest absolute Gasteiger partial charge is 0.0811 e. The van der Waals surface area contributed by atoms with Crippen molar-refractivity contribution >= 4 is 0 Å². The number of ether oxygens (including phenoxy) is 1. The Morgan fingerprint density at radius 3 is 2.70 bits per heavy atom. The van der Waals surface area contributed by atoms with Gasteiger partial charge in [0.1, 0.15) is 0 Å². The molecular weight excluding hydrogens is 376 g/mol. The molecule has 4 heteroatoms. The van der Waals surface area contributed by atoms with Crippen molar-refractivity contribution in [3.63, 3.8) is 0 Å². The minimum atomic E-state index is -0.644. The molecule has 0 aromatic heterocycles. The maximum atomic E-state index is 10.1. The first-order valence-electron chi connectivity index (χ1n) is 11.6. The second-order valence-electron chi connectivity index (χ2n) is 10.1. The van der Waals surface area contributed by atoms with E-state index in [1.807, 2.05) is 13.8 Å². The first kappa shape index (κ1) is 23.5. The van der Waals surface area contributed by atoms with Gasteiger partial charge in [0.2, 0.25) is 0 Å². The van der Waals surface area contributed by atoms with Crippen molar-refractivity contribution in [3.8, 4) is 0 Å². The maximum absolute atomic E-state index is 10.1. The molecule has 3 rings (SSSR count). The molecular formula is C26H40O4. The fourth-order valence-corrected chi connectivity index (χ4v) is 5.47. The Labute approximate surface area is 182 Å². The second kappa shape index (κ2) is 9.52. The average Bonchev–Trinajstić information content (AvgIpc) is 3.04. The third-order valence-corrected chi connectivity index (χ3v) is 7.60. The van der Waals surface area contributed by atoms with Crippen molar-refractivity contribution in [3.05, 3.63) is 47.1 Å². The topological polar surface area (TPSA) is 69.9 Å². The van der Waals surface area contributed by atoms with Gasteiger partial charge in [-0.25, -0.2) is 0 Å². The van der Waals surface area contributed by atoms with E-state index in [-0.39, 0.29) is 17.4 Å². The third kappa shape index (κ3) is 4.83. The lowest BCUT2D eigenvalue weighted by atomic mass is 9.63. The molecule has 30 heavy (non-hydrogen) atoms. The van der Waals surface area contributed by atoms with E-state index in [9.17, 15) is 15.3 Å². The number of hydrogen-bond acceptors (Lipinski definition) is 4. The fourth-order valence-electron chi connectivity index (χ4n) is 5.47. The number of aliphatic hydroxyl groups is 3. The highest BCUT2D eigenvalue weighted by molar-refractivity contribution is 5.40. The lowest BCUT2D eigenvalue weighted by Crippen LogP contribution is -2.35. The minimum absolute atomic E-state index is 0.00882. The van der Waals surface area contributed by atoms with Gasteiger partial charge in [0.05, 0.1) is 31.0 Å². The molecule has 0 aliphatic heterocycles. The molecule has 2 saturated carbocycles. The molecule has 0 aromatic rings. The highest BCUT2D eigenvalue weighted by Gasteiger charge is 2.46. The van der Waals surface area contributed by atoms with Crippen LogP contribution in [0.15, 0.2) is 47.1 Å². The van der Waals surface area contributed by atoms with Crippen LogP contribution in [0.5, 0.6) is 0 Å². The van der Waals surface area contributed by atoms with E-state index in [1.54, 1.807) is 0 Å². The van der Waals surface area contributed by atoms with Crippen LogP contribution < -0.4 is 0 Å². The van der Waals surface area contributed by atoms with Crippen LogP contribution in [-0.2, 0) is 4.74 Å². The number of fused-ring (bicyclic) bond motifs is 1. The predicted octanol–water partition coefficient (Wildman–Crippen LogP) is 4.47. The van der Waals surface area contributed by atoms with Crippen molar-refractivity contribution in [2.45, 2.75) is 90.6 Å². The van der Waals surface area contributed by atoms with Gasteiger partial charge in [-0.2, -0.15) is 0 Å². The monoisotopic (exact) mass is 416 g/mol. The van der Waals surface area contributed by atoms with Crippen LogP contribution >= 0.6 is 0 Å². The van der Waals surface area contributed by atoms with Crippen LogP contribution in [0.2, 0.25) is 0 Å². The van der Waals surface area contributed by atoms with E-state index >= 15 is 0 Å². The molecule has 4 nitrogen and oxygen atoms in total. The molecule has 0 bridgehead atoms. The Morgan fingerprint density at radius 1 is 1.27 bits per heavy atom. The Kier molecular flexibility index (Phi) is 7.44. The first-order chi connectivity index (χ1) is 14.1. The lowest BCUT2D eigenvalue weighted by molar-refractivity contribution is -0.0146. The number of hydrogen-bond donors (Lipinski definition) is 3. The molecule has 2 fully saturated rings. The summed E-state index contributed by atoms with van der Waals surface area (Å²) in [5, 5.41) is 30.2. The second-order valence-corrected chi connectivity index (χ2v) is 10.1. The van der Waals surface area contributed by atoms with E-state index < -0.39 is 18.3 Å². The molecule has 0 radical (unpaired) electrons. The molecule has 168 valence electrons. The summed E-state index contributed by atoms with van der Waals surface area (Å²) in [7, 11) is 0. The van der Waals surface area contributed by atoms with Crippen molar-refractivity contribution < 1.29 is 20.1 Å². The average molecular weight is 417 g/mol. The fraction of sp³-hybridized carbons (Fsp3) is 0.692. The van der Waals surface area contributed by atoms with Crippen LogP contribution in [-0.4, -0.2) is 46.3 Å². The van der Waals surface area contributed by atoms with Gasteiger partial charge in [0.15, 0.2) is 0 Å². The van der Waals surface area contributed by atoms with Gasteiger partial charge in [0, 0.05) is 6.42 Å². The molecule has 0 aromatic carbocycles. The summed E-state index contributed by atoms with van der Waals surface area (Å²) in [5.41, 5.74) is 4.61. The number of aliphatic hydroxyl groups excluding tert-OH is 3. The van der Waals surface area contributed by atoms with E-state index in [0.29, 0.717) is 25.4 Å². The Bertz CT molecular complexity index is 731. The van der Waals surface area contributed by atoms with Gasteiger partial charge >= 0.3 is 0 Å². The lowest BCUT2D eigenvalue weighted by Gasteiger charge is -2.42. The summed E-state index contributed by atoms with van der Waals surface area (Å²) in [6, 6.07) is 0. The summed E-state index contributed by atoms with van der Waals surface area (Å²) in [5.74, 6) is 0.660. The van der Waals surface area contributed by atoms with Crippen LogP contribution in [0.1, 0.15) is 66.2 Å². The molecule has 0 saturated heterocycles. The van der Waals surface area contributed by atoms with Gasteiger partial charge in [-0.05, 0) is 73.0 Å². The zero-order chi connectivity index (χ0) is 22.1. The Hall–Kier alpha value is -1.20. The molecule has 0 spiro atoms. The third-order valence-electron chi connectivity index (χ3n) is 7.60. The standard InChI is InChI=1S/C26H40O4/c1-16(2)25(29)15-30-18(4)22-10-11-23-19(7-6-12-26(22,23)5)8-9-20-13-21(27)14-24(28)17(20)3/h8-10,16,18,21,23-25,27-29H,3,6-7,11-15H2,1-2,4-5H3/t18-,21-,23+,24+,25-,26-/m1/s1. The normalized spacial score (nSPS) is 36.9. The molecule has 6 atom stereocenters. The zero-order valence-electron chi connectivity index (χ0n) is 19.1. The highest BCUT2D eigenvalue weighted by Crippen LogP contribution is 2.55. The Morgan fingerprint density at radius 2 is 2.00 bits per heavy atom. The quantitative estimate of drug-likeness (QED) is 0.559. The highest BCUT2D eigenvalue weighted by atomic mass is 16.5. The van der Waals surface area contributed by atoms with E-state index in [2.05, 4.69) is 38.7 Å². The van der Waals surface area contributed by atoms with Crippen molar-refractivity contribution in [1.29, 1.82) is 0 Å². The van der Waals surface area contributed by atoms with E-state index in [4.69, 9.17) is 4.74 Å². The molecule has 3 aliphatic rings. The molecule has 0 amide bonds. The van der Waals surface area contributed by atoms with Crippen LogP contribution in [0, 0.1) is 17.3 Å². The van der Waals surface area contributed by atoms with Gasteiger partial charge in [-0.3, -0.25) is 0 Å².